The first-order chi connectivity index (χ1) is 10.2. The Kier molecular flexibility index (Phi) is 3.14. The summed E-state index contributed by atoms with van der Waals surface area (Å²) >= 11 is 0. The lowest BCUT2D eigenvalue weighted by molar-refractivity contribution is 0.00236. The van der Waals surface area contributed by atoms with Gasteiger partial charge in [-0.15, -0.1) is 0 Å². The van der Waals surface area contributed by atoms with Crippen LogP contribution < -0.4 is 5.43 Å². The Morgan fingerprint density at radius 1 is 0.905 bits per heavy atom. The van der Waals surface area contributed by atoms with Gasteiger partial charge in [0.05, 0.1) is 0 Å². The molecule has 21 heavy (non-hydrogen) atoms. The topological polar surface area (TPSA) is 70.5 Å². The van der Waals surface area contributed by atoms with Crippen LogP contribution in [0.4, 0.5) is 0 Å². The van der Waals surface area contributed by atoms with E-state index in [1.54, 1.807) is 30.3 Å². The molecule has 0 spiro atoms. The molecule has 0 radical (unpaired) electrons. The maximum absolute atomic E-state index is 12.6. The number of benzene rings is 2. The van der Waals surface area contributed by atoms with Crippen LogP contribution in [0.25, 0.3) is 27.1 Å². The summed E-state index contributed by atoms with van der Waals surface area (Å²) in [6.45, 7) is 0. The lowest BCUT2D eigenvalue weighted by atomic mass is 10.0. The minimum absolute atomic E-state index is 0.124. The standard InChI is InChI=1S/C17H10N2O2/c18-19-10-16(20)14-6-3-7-15-13(14)9-8-11-4-1-2-5-12(11)17(15)21/h1-10H. The van der Waals surface area contributed by atoms with E-state index in [2.05, 4.69) is 4.79 Å². The Bertz CT molecular complexity index is 987. The highest BCUT2D eigenvalue weighted by atomic mass is 16.1. The lowest BCUT2D eigenvalue weighted by Gasteiger charge is -1.97. The molecule has 0 aliphatic carbocycles. The number of Topliss-reactive ketones (excluding diaryl/α,β-unsaturated/α-hetero) is 1. The van der Waals surface area contributed by atoms with Crippen LogP contribution in [0.3, 0.4) is 0 Å². The van der Waals surface area contributed by atoms with Gasteiger partial charge in [0, 0.05) is 16.3 Å². The van der Waals surface area contributed by atoms with Crippen molar-refractivity contribution >= 4 is 33.5 Å². The number of carbonyl (C=O) groups is 1. The smallest absolute Gasteiger partial charge is 0.328 e. The van der Waals surface area contributed by atoms with Crippen LogP contribution in [0.5, 0.6) is 0 Å². The van der Waals surface area contributed by atoms with Gasteiger partial charge in [0.25, 0.3) is 5.78 Å². The van der Waals surface area contributed by atoms with E-state index in [0.29, 0.717) is 21.7 Å². The fraction of sp³-hybridized carbons (Fsp3) is 0. The molecule has 0 aliphatic rings. The van der Waals surface area contributed by atoms with Crippen LogP contribution >= 0.6 is 0 Å². The monoisotopic (exact) mass is 274 g/mol. The average Bonchev–Trinajstić information content (AvgIpc) is 2.65. The first-order valence-electron chi connectivity index (χ1n) is 6.39. The molecule has 3 aromatic rings. The predicted molar refractivity (Wildman–Crippen MR) is 81.7 cm³/mol. The number of hydrogen-bond acceptors (Lipinski definition) is 2. The Labute approximate surface area is 119 Å². The van der Waals surface area contributed by atoms with Gasteiger partial charge in [0.1, 0.15) is 0 Å². The van der Waals surface area contributed by atoms with Gasteiger partial charge in [-0.1, -0.05) is 54.6 Å². The SMILES string of the molecule is [N-]=[N+]=CC(=O)c1cccc2c(=O)c3ccccc3ccc12. The molecule has 4 heteroatoms. The molecule has 0 saturated carbocycles. The van der Waals surface area contributed by atoms with Crippen LogP contribution in [0.15, 0.2) is 59.4 Å². The molecular formula is C17H10N2O2. The lowest BCUT2D eigenvalue weighted by Crippen LogP contribution is -2.04. The Hall–Kier alpha value is -3.10. The third-order valence-corrected chi connectivity index (χ3v) is 3.43. The number of nitrogens with zero attached hydrogens (tertiary/aromatic N) is 2. The Morgan fingerprint density at radius 3 is 2.48 bits per heavy atom. The molecule has 0 heterocycles. The molecule has 0 fully saturated rings. The second-order valence-corrected chi connectivity index (χ2v) is 4.63. The molecule has 0 saturated heterocycles. The maximum Gasteiger partial charge on any atom is 0.328 e. The van der Waals surface area contributed by atoms with Crippen molar-refractivity contribution in [3.63, 3.8) is 0 Å². The van der Waals surface area contributed by atoms with Crippen molar-refractivity contribution in [2.75, 3.05) is 0 Å². The highest BCUT2D eigenvalue weighted by Crippen LogP contribution is 2.19. The number of ketones is 1. The molecule has 0 N–H and O–H groups in total. The van der Waals surface area contributed by atoms with Crippen molar-refractivity contribution in [2.24, 2.45) is 0 Å². The van der Waals surface area contributed by atoms with Gasteiger partial charge in [0.15, 0.2) is 5.43 Å². The number of rotatable bonds is 2. The second kappa shape index (κ2) is 5.12. The molecule has 4 nitrogen and oxygen atoms in total. The van der Waals surface area contributed by atoms with E-state index in [1.807, 2.05) is 24.3 Å². The van der Waals surface area contributed by atoms with E-state index in [4.69, 9.17) is 5.53 Å². The van der Waals surface area contributed by atoms with Gasteiger partial charge < -0.3 is 5.53 Å². The minimum Gasteiger partial charge on any atom is -0.361 e. The number of hydrogen-bond donors (Lipinski definition) is 0. The molecule has 0 bridgehead atoms. The van der Waals surface area contributed by atoms with Crippen molar-refractivity contribution in [2.45, 2.75) is 0 Å². The van der Waals surface area contributed by atoms with Gasteiger partial charge in [-0.05, 0) is 10.8 Å². The summed E-state index contributed by atoms with van der Waals surface area (Å²) in [6.07, 6.45) is 0.825. The molecule has 0 aromatic heterocycles. The first kappa shape index (κ1) is 12.9. The average molecular weight is 274 g/mol. The highest BCUT2D eigenvalue weighted by Gasteiger charge is 2.12. The van der Waals surface area contributed by atoms with Crippen molar-refractivity contribution < 1.29 is 9.58 Å². The van der Waals surface area contributed by atoms with Crippen LogP contribution in [-0.2, 0) is 0 Å². The van der Waals surface area contributed by atoms with E-state index < -0.39 is 5.78 Å². The summed E-state index contributed by atoms with van der Waals surface area (Å²) in [5.41, 5.74) is 8.73. The highest BCUT2D eigenvalue weighted by molar-refractivity contribution is 6.36. The molecule has 0 aliphatic heterocycles. The Morgan fingerprint density at radius 2 is 1.67 bits per heavy atom. The molecule has 3 aromatic carbocycles. The van der Waals surface area contributed by atoms with Crippen LogP contribution in [0.2, 0.25) is 0 Å². The number of fused-ring (bicyclic) bond motifs is 2. The zero-order valence-electron chi connectivity index (χ0n) is 11.0. The van der Waals surface area contributed by atoms with Crippen LogP contribution in [0, 0.1) is 0 Å². The van der Waals surface area contributed by atoms with Crippen LogP contribution in [0.1, 0.15) is 10.4 Å². The summed E-state index contributed by atoms with van der Waals surface area (Å²) in [6, 6.07) is 15.8. The summed E-state index contributed by atoms with van der Waals surface area (Å²) in [5.74, 6) is -0.447. The quantitative estimate of drug-likeness (QED) is 0.312. The van der Waals surface area contributed by atoms with E-state index in [-0.39, 0.29) is 5.43 Å². The minimum atomic E-state index is -0.447. The van der Waals surface area contributed by atoms with E-state index in [9.17, 15) is 9.59 Å². The maximum atomic E-state index is 12.6. The van der Waals surface area contributed by atoms with Gasteiger partial charge in [-0.2, -0.15) is 4.79 Å². The van der Waals surface area contributed by atoms with Gasteiger partial charge in [-0.25, -0.2) is 0 Å². The molecule has 100 valence electrons. The van der Waals surface area contributed by atoms with E-state index in [1.165, 1.54) is 0 Å². The Balaban J connectivity index is 2.52. The fourth-order valence-electron chi connectivity index (χ4n) is 2.45. The van der Waals surface area contributed by atoms with E-state index >= 15 is 0 Å². The van der Waals surface area contributed by atoms with Crippen LogP contribution in [-0.4, -0.2) is 16.8 Å². The zero-order valence-corrected chi connectivity index (χ0v) is 11.0. The summed E-state index contributed by atoms with van der Waals surface area (Å²) < 4.78 is 0. The first-order valence-corrected chi connectivity index (χ1v) is 6.39. The number of carbonyl (C=O) groups excluding carboxylic acids is 1. The van der Waals surface area contributed by atoms with E-state index in [0.717, 1.165) is 11.6 Å². The van der Waals surface area contributed by atoms with Crippen molar-refractivity contribution in [3.8, 4) is 0 Å². The zero-order chi connectivity index (χ0) is 14.8. The normalized spacial score (nSPS) is 10.3. The third kappa shape index (κ3) is 2.14. The molecule has 0 unspecified atom stereocenters. The summed E-state index contributed by atoms with van der Waals surface area (Å²) in [5, 5.41) is 2.43. The summed E-state index contributed by atoms with van der Waals surface area (Å²) in [7, 11) is 0. The molecule has 0 atom stereocenters. The molecule has 0 amide bonds. The predicted octanol–water partition coefficient (Wildman–Crippen LogP) is 2.84. The molecule has 3 rings (SSSR count). The second-order valence-electron chi connectivity index (χ2n) is 4.63. The van der Waals surface area contributed by atoms with Crippen molar-refractivity contribution in [3.05, 3.63) is 75.9 Å². The third-order valence-electron chi connectivity index (χ3n) is 3.43. The van der Waals surface area contributed by atoms with Gasteiger partial charge in [0.2, 0.25) is 0 Å². The fourth-order valence-corrected chi connectivity index (χ4v) is 2.45. The van der Waals surface area contributed by atoms with Crippen molar-refractivity contribution in [1.82, 2.24) is 0 Å². The van der Waals surface area contributed by atoms with Gasteiger partial charge in [-0.3, -0.25) is 9.59 Å². The van der Waals surface area contributed by atoms with Crippen molar-refractivity contribution in [1.29, 1.82) is 0 Å². The van der Waals surface area contributed by atoms with Gasteiger partial charge >= 0.3 is 6.21 Å². The molecular weight excluding hydrogens is 264 g/mol. The summed E-state index contributed by atoms with van der Waals surface area (Å²) in [4.78, 5) is 27.3. The largest absolute Gasteiger partial charge is 0.361 e.